The second-order valence-electron chi connectivity index (χ2n) is 7.07. The molecule has 0 saturated carbocycles. The molecule has 0 aliphatic carbocycles. The lowest BCUT2D eigenvalue weighted by molar-refractivity contribution is 0.0450. The Morgan fingerprint density at radius 1 is 1.14 bits per heavy atom. The lowest BCUT2D eigenvalue weighted by Gasteiger charge is -2.10. The van der Waals surface area contributed by atoms with Crippen LogP contribution in [0.3, 0.4) is 0 Å². The fourth-order valence-electron chi connectivity index (χ4n) is 3.12. The van der Waals surface area contributed by atoms with Gasteiger partial charge in [0.25, 0.3) is 0 Å². The Balaban J connectivity index is 1.94. The summed E-state index contributed by atoms with van der Waals surface area (Å²) in [7, 11) is 0. The van der Waals surface area contributed by atoms with Crippen LogP contribution >= 0.6 is 15.9 Å². The van der Waals surface area contributed by atoms with Crippen LogP contribution in [0.15, 0.2) is 53.0 Å². The maximum absolute atomic E-state index is 12.9. The second kappa shape index (κ2) is 7.83. The Bertz CT molecular complexity index is 1200. The van der Waals surface area contributed by atoms with E-state index in [0.717, 1.165) is 22.1 Å². The number of carbonyl (C=O) groups is 1. The first-order valence-electron chi connectivity index (χ1n) is 9.49. The molecule has 2 aromatic carbocycles. The van der Waals surface area contributed by atoms with E-state index in [1.807, 2.05) is 55.5 Å². The monoisotopic (exact) mass is 452 g/mol. The zero-order valence-electron chi connectivity index (χ0n) is 16.2. The zero-order valence-corrected chi connectivity index (χ0v) is 17.8. The van der Waals surface area contributed by atoms with Gasteiger partial charge in [-0.05, 0) is 42.3 Å². The molecular weight excluding hydrogens is 432 g/mol. The number of fused-ring (bicyclic) bond motifs is 2. The predicted octanol–water partition coefficient (Wildman–Crippen LogP) is 5.12. The van der Waals surface area contributed by atoms with Crippen molar-refractivity contribution >= 4 is 49.9 Å². The van der Waals surface area contributed by atoms with Gasteiger partial charge in [-0.1, -0.05) is 48.3 Å². The first kappa shape index (κ1) is 19.4. The largest absolute Gasteiger partial charge is 0.462 e. The summed E-state index contributed by atoms with van der Waals surface area (Å²) in [5.41, 5.74) is 9.91. The maximum atomic E-state index is 12.9. The lowest BCUT2D eigenvalue weighted by Crippen LogP contribution is -2.13. The zero-order chi connectivity index (χ0) is 20.5. The number of aromatic nitrogens is 3. The van der Waals surface area contributed by atoms with Gasteiger partial charge in [-0.25, -0.2) is 14.8 Å². The van der Waals surface area contributed by atoms with Crippen molar-refractivity contribution in [3.05, 3.63) is 58.6 Å². The predicted molar refractivity (Wildman–Crippen MR) is 118 cm³/mol. The SMILES string of the molecule is CC[C@@H](C)COC(=O)c1c(N)n(-c2ccc(Br)cc2)c2nc3ccccc3nc12. The summed E-state index contributed by atoms with van der Waals surface area (Å²) < 4.78 is 8.24. The third-order valence-corrected chi connectivity index (χ3v) is 5.51. The van der Waals surface area contributed by atoms with E-state index < -0.39 is 5.97 Å². The molecule has 0 fully saturated rings. The van der Waals surface area contributed by atoms with Gasteiger partial charge >= 0.3 is 5.97 Å². The lowest BCUT2D eigenvalue weighted by atomic mass is 10.1. The molecule has 4 aromatic rings. The first-order valence-corrected chi connectivity index (χ1v) is 10.3. The number of para-hydroxylation sites is 2. The number of ether oxygens (including phenoxy) is 1. The molecule has 2 N–H and O–H groups in total. The van der Waals surface area contributed by atoms with E-state index >= 15 is 0 Å². The molecule has 7 heteroatoms. The quantitative estimate of drug-likeness (QED) is 0.424. The summed E-state index contributed by atoms with van der Waals surface area (Å²) in [5.74, 6) is 0.0620. The molecule has 0 spiro atoms. The maximum Gasteiger partial charge on any atom is 0.344 e. The van der Waals surface area contributed by atoms with Gasteiger partial charge in [0, 0.05) is 10.2 Å². The minimum Gasteiger partial charge on any atom is -0.462 e. The van der Waals surface area contributed by atoms with Crippen molar-refractivity contribution in [3.8, 4) is 5.69 Å². The number of nitrogen functional groups attached to an aromatic ring is 1. The third-order valence-electron chi connectivity index (χ3n) is 4.98. The van der Waals surface area contributed by atoms with E-state index in [9.17, 15) is 4.79 Å². The number of hydrogen-bond acceptors (Lipinski definition) is 5. The molecule has 4 rings (SSSR count). The average molecular weight is 453 g/mol. The van der Waals surface area contributed by atoms with E-state index in [1.165, 1.54) is 0 Å². The number of rotatable bonds is 5. The van der Waals surface area contributed by atoms with Crippen LogP contribution in [-0.4, -0.2) is 27.1 Å². The topological polar surface area (TPSA) is 83.0 Å². The van der Waals surface area contributed by atoms with E-state index in [4.69, 9.17) is 20.4 Å². The Morgan fingerprint density at radius 3 is 2.45 bits per heavy atom. The Kier molecular flexibility index (Phi) is 5.24. The van der Waals surface area contributed by atoms with Gasteiger partial charge in [0.1, 0.15) is 16.9 Å². The molecule has 29 heavy (non-hydrogen) atoms. The molecule has 0 saturated heterocycles. The molecule has 148 valence electrons. The molecule has 0 bridgehead atoms. The number of carbonyl (C=O) groups excluding carboxylic acids is 1. The highest BCUT2D eigenvalue weighted by Gasteiger charge is 2.26. The van der Waals surface area contributed by atoms with Gasteiger partial charge in [-0.15, -0.1) is 0 Å². The summed E-state index contributed by atoms with van der Waals surface area (Å²) >= 11 is 3.45. The van der Waals surface area contributed by atoms with Crippen molar-refractivity contribution in [1.82, 2.24) is 14.5 Å². The molecule has 2 heterocycles. The summed E-state index contributed by atoms with van der Waals surface area (Å²) in [6.45, 7) is 4.43. The summed E-state index contributed by atoms with van der Waals surface area (Å²) in [5, 5.41) is 0. The molecule has 0 amide bonds. The molecule has 0 aliphatic rings. The minimum atomic E-state index is -0.478. The second-order valence-corrected chi connectivity index (χ2v) is 7.98. The van der Waals surface area contributed by atoms with Crippen LogP contribution in [0.25, 0.3) is 27.9 Å². The number of halogens is 1. The van der Waals surface area contributed by atoms with E-state index in [1.54, 1.807) is 4.57 Å². The van der Waals surface area contributed by atoms with E-state index in [0.29, 0.717) is 23.3 Å². The minimum absolute atomic E-state index is 0.254. The van der Waals surface area contributed by atoms with E-state index in [-0.39, 0.29) is 17.3 Å². The van der Waals surface area contributed by atoms with Gasteiger partial charge in [-0.2, -0.15) is 0 Å². The number of hydrogen-bond donors (Lipinski definition) is 1. The Morgan fingerprint density at radius 2 is 1.79 bits per heavy atom. The van der Waals surface area contributed by atoms with E-state index in [2.05, 4.69) is 22.9 Å². The number of nitrogens with zero attached hydrogens (tertiary/aromatic N) is 3. The summed E-state index contributed by atoms with van der Waals surface area (Å²) in [4.78, 5) is 22.4. The number of nitrogens with two attached hydrogens (primary N) is 1. The highest BCUT2D eigenvalue weighted by molar-refractivity contribution is 9.10. The van der Waals surface area contributed by atoms with Crippen LogP contribution in [0.2, 0.25) is 0 Å². The molecule has 0 radical (unpaired) electrons. The molecule has 0 unspecified atom stereocenters. The fourth-order valence-corrected chi connectivity index (χ4v) is 3.39. The van der Waals surface area contributed by atoms with Crippen LogP contribution in [0.1, 0.15) is 30.6 Å². The molecule has 2 aromatic heterocycles. The normalized spacial score (nSPS) is 12.4. The van der Waals surface area contributed by atoms with Gasteiger partial charge in [0.05, 0.1) is 17.6 Å². The van der Waals surface area contributed by atoms with Gasteiger partial charge in [0.2, 0.25) is 0 Å². The first-order chi connectivity index (χ1) is 14.0. The highest BCUT2D eigenvalue weighted by Crippen LogP contribution is 2.32. The fraction of sp³-hybridized carbons (Fsp3) is 0.227. The standard InChI is InChI=1S/C22H21BrN4O2/c1-3-13(2)12-29-22(28)18-19-21(26-17-7-5-4-6-16(17)25-19)27(20(18)24)15-10-8-14(23)9-11-15/h4-11,13H,3,12,24H2,1-2H3/t13-/m1/s1. The van der Waals surface area contributed by atoms with Crippen molar-refractivity contribution < 1.29 is 9.53 Å². The van der Waals surface area contributed by atoms with Gasteiger partial charge in [0.15, 0.2) is 5.65 Å². The van der Waals surface area contributed by atoms with Crippen molar-refractivity contribution in [3.63, 3.8) is 0 Å². The van der Waals surface area contributed by atoms with Crippen LogP contribution in [0.5, 0.6) is 0 Å². The number of anilines is 1. The number of esters is 1. The van der Waals surface area contributed by atoms with Crippen LogP contribution in [-0.2, 0) is 4.74 Å². The van der Waals surface area contributed by atoms with Gasteiger partial charge in [-0.3, -0.25) is 4.57 Å². The van der Waals surface area contributed by atoms with Crippen molar-refractivity contribution in [2.75, 3.05) is 12.3 Å². The van der Waals surface area contributed by atoms with Crippen LogP contribution in [0.4, 0.5) is 5.82 Å². The molecule has 6 nitrogen and oxygen atoms in total. The summed E-state index contributed by atoms with van der Waals surface area (Å²) in [6.07, 6.45) is 0.924. The van der Waals surface area contributed by atoms with Crippen molar-refractivity contribution in [2.24, 2.45) is 5.92 Å². The van der Waals surface area contributed by atoms with Crippen molar-refractivity contribution in [1.29, 1.82) is 0 Å². The highest BCUT2D eigenvalue weighted by atomic mass is 79.9. The summed E-state index contributed by atoms with van der Waals surface area (Å²) in [6, 6.07) is 15.2. The molecule has 1 atom stereocenters. The Hall–Kier alpha value is -2.93. The average Bonchev–Trinajstić information content (AvgIpc) is 3.01. The van der Waals surface area contributed by atoms with Crippen LogP contribution in [0, 0.1) is 5.92 Å². The van der Waals surface area contributed by atoms with Crippen molar-refractivity contribution in [2.45, 2.75) is 20.3 Å². The Labute approximate surface area is 176 Å². The van der Waals surface area contributed by atoms with Crippen LogP contribution < -0.4 is 5.73 Å². The molecular formula is C22H21BrN4O2. The third kappa shape index (κ3) is 3.58. The smallest absolute Gasteiger partial charge is 0.344 e. The molecule has 0 aliphatic heterocycles. The van der Waals surface area contributed by atoms with Gasteiger partial charge < -0.3 is 10.5 Å². The number of benzene rings is 2.